The van der Waals surface area contributed by atoms with Crippen molar-refractivity contribution in [3.63, 3.8) is 0 Å². The van der Waals surface area contributed by atoms with Crippen LogP contribution in [0.3, 0.4) is 0 Å². The Labute approximate surface area is 141 Å². The maximum Gasteiger partial charge on any atom is 0.132 e. The molecule has 0 fully saturated rings. The molecule has 0 spiro atoms. The zero-order chi connectivity index (χ0) is 17.4. The molecule has 2 aromatic rings. The molecule has 0 amide bonds. The van der Waals surface area contributed by atoms with E-state index in [4.69, 9.17) is 4.84 Å². The van der Waals surface area contributed by atoms with Crippen LogP contribution < -0.4 is 0 Å². The van der Waals surface area contributed by atoms with E-state index in [2.05, 4.69) is 5.16 Å². The van der Waals surface area contributed by atoms with Crippen LogP contribution in [0.25, 0.3) is 6.08 Å². The van der Waals surface area contributed by atoms with Gasteiger partial charge in [-0.05, 0) is 50.0 Å². The van der Waals surface area contributed by atoms with Crippen molar-refractivity contribution in [3.05, 3.63) is 71.6 Å². The van der Waals surface area contributed by atoms with Crippen molar-refractivity contribution in [2.75, 3.05) is 27.2 Å². The molecule has 0 saturated heterocycles. The lowest BCUT2D eigenvalue weighted by atomic mass is 10.1. The minimum atomic E-state index is -0.359. The van der Waals surface area contributed by atoms with Crippen molar-refractivity contribution in [2.24, 2.45) is 5.16 Å². The summed E-state index contributed by atoms with van der Waals surface area (Å²) in [5.74, 6) is -0.162. The Kier molecular flexibility index (Phi) is 6.51. The molecule has 2 rings (SSSR count). The summed E-state index contributed by atoms with van der Waals surface area (Å²) in [6, 6.07) is 13.1. The summed E-state index contributed by atoms with van der Waals surface area (Å²) in [7, 11) is 3.88. The Morgan fingerprint density at radius 1 is 1.17 bits per heavy atom. The SMILES string of the molecule is CN(C)CCO/N=C(\C=Cc1ccc(O)cc1)c1ccccc1F. The van der Waals surface area contributed by atoms with E-state index in [0.29, 0.717) is 17.9 Å². The largest absolute Gasteiger partial charge is 0.508 e. The van der Waals surface area contributed by atoms with Crippen molar-refractivity contribution < 1.29 is 14.3 Å². The van der Waals surface area contributed by atoms with Crippen LogP contribution in [-0.4, -0.2) is 43.0 Å². The number of phenols is 1. The van der Waals surface area contributed by atoms with E-state index in [1.165, 1.54) is 6.07 Å². The number of likely N-dealkylation sites (N-methyl/N-ethyl adjacent to an activating group) is 1. The molecule has 4 nitrogen and oxygen atoms in total. The lowest BCUT2D eigenvalue weighted by molar-refractivity contribution is 0.126. The molecule has 0 aliphatic carbocycles. The first-order chi connectivity index (χ1) is 11.6. The number of oxime groups is 1. The first-order valence-corrected chi connectivity index (χ1v) is 7.63. The third-order valence-corrected chi connectivity index (χ3v) is 3.27. The van der Waals surface area contributed by atoms with Crippen LogP contribution in [-0.2, 0) is 4.84 Å². The van der Waals surface area contributed by atoms with E-state index < -0.39 is 0 Å². The average Bonchev–Trinajstić information content (AvgIpc) is 2.56. The van der Waals surface area contributed by atoms with Crippen LogP contribution >= 0.6 is 0 Å². The van der Waals surface area contributed by atoms with E-state index in [9.17, 15) is 9.50 Å². The molecule has 0 unspecified atom stereocenters. The third-order valence-electron chi connectivity index (χ3n) is 3.27. The molecule has 1 N–H and O–H groups in total. The Morgan fingerprint density at radius 2 is 1.88 bits per heavy atom. The normalized spacial score (nSPS) is 12.1. The van der Waals surface area contributed by atoms with Crippen molar-refractivity contribution in [3.8, 4) is 5.75 Å². The average molecular weight is 328 g/mol. The van der Waals surface area contributed by atoms with Crippen LogP contribution in [0.5, 0.6) is 5.75 Å². The highest BCUT2D eigenvalue weighted by Gasteiger charge is 2.07. The van der Waals surface area contributed by atoms with E-state index in [1.807, 2.05) is 19.0 Å². The summed E-state index contributed by atoms with van der Waals surface area (Å²) in [5.41, 5.74) is 1.64. The van der Waals surface area contributed by atoms with Crippen LogP contribution in [0.4, 0.5) is 4.39 Å². The van der Waals surface area contributed by atoms with Gasteiger partial charge in [-0.25, -0.2) is 4.39 Å². The van der Waals surface area contributed by atoms with Crippen molar-refractivity contribution in [1.82, 2.24) is 4.90 Å². The van der Waals surface area contributed by atoms with Gasteiger partial charge in [-0.15, -0.1) is 0 Å². The predicted octanol–water partition coefficient (Wildman–Crippen LogP) is 3.53. The molecule has 24 heavy (non-hydrogen) atoms. The van der Waals surface area contributed by atoms with Gasteiger partial charge in [0.15, 0.2) is 0 Å². The van der Waals surface area contributed by atoms with Gasteiger partial charge in [0.1, 0.15) is 23.9 Å². The maximum absolute atomic E-state index is 14.0. The second-order valence-electron chi connectivity index (χ2n) is 5.52. The fraction of sp³-hybridized carbons (Fsp3) is 0.211. The van der Waals surface area contributed by atoms with Gasteiger partial charge in [0, 0.05) is 12.1 Å². The number of halogens is 1. The molecular weight excluding hydrogens is 307 g/mol. The molecule has 0 bridgehead atoms. The highest BCUT2D eigenvalue weighted by molar-refractivity contribution is 6.10. The highest BCUT2D eigenvalue weighted by atomic mass is 19.1. The molecule has 0 aliphatic rings. The summed E-state index contributed by atoms with van der Waals surface area (Å²) in [5, 5.41) is 13.4. The van der Waals surface area contributed by atoms with Gasteiger partial charge in [0.2, 0.25) is 0 Å². The topological polar surface area (TPSA) is 45.1 Å². The van der Waals surface area contributed by atoms with E-state index in [1.54, 1.807) is 54.6 Å². The van der Waals surface area contributed by atoms with Gasteiger partial charge in [-0.1, -0.05) is 35.5 Å². The fourth-order valence-electron chi connectivity index (χ4n) is 1.94. The zero-order valence-corrected chi connectivity index (χ0v) is 13.8. The number of allylic oxidation sites excluding steroid dienone is 1. The Bertz CT molecular complexity index is 710. The lowest BCUT2D eigenvalue weighted by Gasteiger charge is -2.08. The summed E-state index contributed by atoms with van der Waals surface area (Å²) in [6.45, 7) is 1.13. The molecule has 0 aliphatic heterocycles. The number of aromatic hydroxyl groups is 1. The van der Waals surface area contributed by atoms with Crippen molar-refractivity contribution >= 4 is 11.8 Å². The van der Waals surface area contributed by atoms with Crippen LogP contribution in [0.15, 0.2) is 59.8 Å². The molecular formula is C19H21FN2O2. The predicted molar refractivity (Wildman–Crippen MR) is 94.6 cm³/mol. The molecule has 126 valence electrons. The number of benzene rings is 2. The van der Waals surface area contributed by atoms with E-state index in [-0.39, 0.29) is 11.6 Å². The van der Waals surface area contributed by atoms with E-state index >= 15 is 0 Å². The summed E-state index contributed by atoms with van der Waals surface area (Å²) >= 11 is 0. The molecule has 0 radical (unpaired) electrons. The third kappa shape index (κ3) is 5.52. The van der Waals surface area contributed by atoms with Gasteiger partial charge < -0.3 is 14.8 Å². The standard InChI is InChI=1S/C19H21FN2O2/c1-22(2)13-14-24-21-19(17-5-3-4-6-18(17)20)12-9-15-7-10-16(23)11-8-15/h3-12,23H,13-14H2,1-2H3/b12-9?,21-19+. The van der Waals surface area contributed by atoms with Gasteiger partial charge in [0.05, 0.1) is 0 Å². The summed E-state index contributed by atoms with van der Waals surface area (Å²) in [6.07, 6.45) is 3.49. The van der Waals surface area contributed by atoms with Gasteiger partial charge >= 0.3 is 0 Å². The monoisotopic (exact) mass is 328 g/mol. The fourth-order valence-corrected chi connectivity index (χ4v) is 1.94. The van der Waals surface area contributed by atoms with Gasteiger partial charge in [0.25, 0.3) is 0 Å². The molecule has 0 saturated carbocycles. The van der Waals surface area contributed by atoms with Crippen molar-refractivity contribution in [2.45, 2.75) is 0 Å². The summed E-state index contributed by atoms with van der Waals surface area (Å²) < 4.78 is 14.0. The number of hydrogen-bond donors (Lipinski definition) is 1. The number of phenolic OH excluding ortho intramolecular Hbond substituents is 1. The minimum absolute atomic E-state index is 0.196. The van der Waals surface area contributed by atoms with E-state index in [0.717, 1.165) is 12.1 Å². The summed E-state index contributed by atoms with van der Waals surface area (Å²) in [4.78, 5) is 7.29. The maximum atomic E-state index is 14.0. The number of hydrogen-bond acceptors (Lipinski definition) is 4. The Hall–Kier alpha value is -2.66. The van der Waals surface area contributed by atoms with Gasteiger partial charge in [-0.2, -0.15) is 0 Å². The van der Waals surface area contributed by atoms with Crippen LogP contribution in [0.1, 0.15) is 11.1 Å². The quantitative estimate of drug-likeness (QED) is 0.480. The number of rotatable bonds is 7. The van der Waals surface area contributed by atoms with Gasteiger partial charge in [-0.3, -0.25) is 0 Å². The zero-order valence-electron chi connectivity index (χ0n) is 13.8. The Morgan fingerprint density at radius 3 is 2.54 bits per heavy atom. The molecule has 5 heteroatoms. The first-order valence-electron chi connectivity index (χ1n) is 7.63. The highest BCUT2D eigenvalue weighted by Crippen LogP contribution is 2.13. The second-order valence-corrected chi connectivity index (χ2v) is 5.52. The lowest BCUT2D eigenvalue weighted by Crippen LogP contribution is -2.17. The molecule has 0 aromatic heterocycles. The van der Waals surface area contributed by atoms with Crippen LogP contribution in [0, 0.1) is 5.82 Å². The molecule has 0 atom stereocenters. The number of nitrogens with zero attached hydrogens (tertiary/aromatic N) is 2. The molecule has 2 aromatic carbocycles. The molecule has 0 heterocycles. The smallest absolute Gasteiger partial charge is 0.132 e. The first kappa shape index (κ1) is 17.7. The minimum Gasteiger partial charge on any atom is -0.508 e. The second kappa shape index (κ2) is 8.84. The Balaban J connectivity index is 2.20. The van der Waals surface area contributed by atoms with Crippen molar-refractivity contribution in [1.29, 1.82) is 0 Å². The van der Waals surface area contributed by atoms with Crippen LogP contribution in [0.2, 0.25) is 0 Å².